The number of nitrogens with zero attached hydrogens (tertiary/aromatic N) is 5. The van der Waals surface area contributed by atoms with Gasteiger partial charge in [-0.2, -0.15) is 4.98 Å². The fourth-order valence-corrected chi connectivity index (χ4v) is 3.74. The zero-order valence-electron chi connectivity index (χ0n) is 18.2. The SMILES string of the molecule is CCOc1nc(N2CCNC(CC(F)F)C2)ncc1C(=O)Nc1cc(F)c2nc(C)cn2c1. The summed E-state index contributed by atoms with van der Waals surface area (Å²) in [4.78, 5) is 27.4. The molecular formula is C21H24F3N7O2. The van der Waals surface area contributed by atoms with E-state index in [-0.39, 0.29) is 41.8 Å². The second-order valence-corrected chi connectivity index (χ2v) is 7.69. The topological polar surface area (TPSA) is 96.7 Å². The van der Waals surface area contributed by atoms with Crippen molar-refractivity contribution in [1.29, 1.82) is 0 Å². The van der Waals surface area contributed by atoms with Crippen LogP contribution in [0, 0.1) is 12.7 Å². The number of fused-ring (bicyclic) bond motifs is 1. The molecule has 9 nitrogen and oxygen atoms in total. The first-order chi connectivity index (χ1) is 15.8. The molecule has 1 saturated heterocycles. The normalized spacial score (nSPS) is 16.4. The molecule has 1 unspecified atom stereocenters. The molecule has 1 aliphatic heterocycles. The van der Waals surface area contributed by atoms with Gasteiger partial charge in [-0.15, -0.1) is 0 Å². The minimum absolute atomic E-state index is 0.0592. The van der Waals surface area contributed by atoms with Crippen molar-refractivity contribution in [2.75, 3.05) is 36.5 Å². The molecule has 1 fully saturated rings. The summed E-state index contributed by atoms with van der Waals surface area (Å²) in [6, 6.07) is 0.788. The van der Waals surface area contributed by atoms with Crippen molar-refractivity contribution in [3.63, 3.8) is 0 Å². The van der Waals surface area contributed by atoms with E-state index < -0.39 is 24.2 Å². The second-order valence-electron chi connectivity index (χ2n) is 7.69. The van der Waals surface area contributed by atoms with Gasteiger partial charge in [-0.25, -0.2) is 23.1 Å². The number of ether oxygens (including phenoxy) is 1. The minimum Gasteiger partial charge on any atom is -0.477 e. The van der Waals surface area contributed by atoms with Gasteiger partial charge in [0.1, 0.15) is 5.56 Å². The summed E-state index contributed by atoms with van der Waals surface area (Å²) in [7, 11) is 0. The first kappa shape index (κ1) is 22.8. The van der Waals surface area contributed by atoms with Gasteiger partial charge in [0.05, 0.1) is 18.0 Å². The van der Waals surface area contributed by atoms with E-state index in [1.165, 1.54) is 16.7 Å². The van der Waals surface area contributed by atoms with Gasteiger partial charge < -0.3 is 24.7 Å². The molecule has 3 aromatic heterocycles. The number of imidazole rings is 1. The summed E-state index contributed by atoms with van der Waals surface area (Å²) in [5.74, 6) is -0.799. The lowest BCUT2D eigenvalue weighted by Crippen LogP contribution is -2.51. The van der Waals surface area contributed by atoms with Crippen molar-refractivity contribution >= 4 is 23.2 Å². The number of pyridine rings is 1. The first-order valence-corrected chi connectivity index (χ1v) is 10.6. The van der Waals surface area contributed by atoms with E-state index in [4.69, 9.17) is 4.74 Å². The van der Waals surface area contributed by atoms with Crippen LogP contribution in [0.5, 0.6) is 5.88 Å². The second kappa shape index (κ2) is 9.61. The molecule has 0 aromatic carbocycles. The van der Waals surface area contributed by atoms with Crippen LogP contribution >= 0.6 is 0 Å². The minimum atomic E-state index is -2.41. The van der Waals surface area contributed by atoms with Crippen molar-refractivity contribution in [3.8, 4) is 5.88 Å². The van der Waals surface area contributed by atoms with Crippen LogP contribution in [0.4, 0.5) is 24.8 Å². The monoisotopic (exact) mass is 463 g/mol. The molecule has 0 spiro atoms. The highest BCUT2D eigenvalue weighted by Crippen LogP contribution is 2.23. The number of carbonyl (C=O) groups is 1. The first-order valence-electron chi connectivity index (χ1n) is 10.6. The Labute approximate surface area is 188 Å². The number of aromatic nitrogens is 4. The Kier molecular flexibility index (Phi) is 6.63. The maximum Gasteiger partial charge on any atom is 0.262 e. The third-order valence-corrected chi connectivity index (χ3v) is 5.15. The lowest BCUT2D eigenvalue weighted by atomic mass is 10.1. The molecule has 4 rings (SSSR count). The third-order valence-electron chi connectivity index (χ3n) is 5.15. The predicted molar refractivity (Wildman–Crippen MR) is 116 cm³/mol. The van der Waals surface area contributed by atoms with Crippen LogP contribution in [-0.4, -0.2) is 64.0 Å². The van der Waals surface area contributed by atoms with Crippen LogP contribution in [0.3, 0.4) is 0 Å². The smallest absolute Gasteiger partial charge is 0.262 e. The van der Waals surface area contributed by atoms with Crippen molar-refractivity contribution in [2.45, 2.75) is 32.7 Å². The Hall–Kier alpha value is -3.41. The van der Waals surface area contributed by atoms with E-state index in [1.807, 2.05) is 0 Å². The van der Waals surface area contributed by atoms with Crippen molar-refractivity contribution < 1.29 is 22.7 Å². The summed E-state index contributed by atoms with van der Waals surface area (Å²) >= 11 is 0. The lowest BCUT2D eigenvalue weighted by molar-refractivity contribution is 0.102. The molecule has 1 aliphatic rings. The molecule has 12 heteroatoms. The Balaban J connectivity index is 1.55. The molecule has 0 bridgehead atoms. The number of alkyl halides is 2. The fraction of sp³-hybridized carbons (Fsp3) is 0.429. The molecule has 0 aliphatic carbocycles. The largest absolute Gasteiger partial charge is 0.477 e. The number of amides is 1. The fourth-order valence-electron chi connectivity index (χ4n) is 3.74. The lowest BCUT2D eigenvalue weighted by Gasteiger charge is -2.33. The van der Waals surface area contributed by atoms with Gasteiger partial charge in [0.2, 0.25) is 18.3 Å². The van der Waals surface area contributed by atoms with Crippen LogP contribution in [0.15, 0.2) is 24.7 Å². The summed E-state index contributed by atoms with van der Waals surface area (Å²) in [5, 5.41) is 5.69. The van der Waals surface area contributed by atoms with E-state index in [1.54, 1.807) is 31.1 Å². The summed E-state index contributed by atoms with van der Waals surface area (Å²) in [6.45, 7) is 5.09. The Morgan fingerprint density at radius 2 is 2.18 bits per heavy atom. The molecule has 176 valence electrons. The number of rotatable bonds is 7. The van der Waals surface area contributed by atoms with Gasteiger partial charge in [-0.05, 0) is 13.8 Å². The number of aryl methyl sites for hydroxylation is 1. The van der Waals surface area contributed by atoms with E-state index in [9.17, 15) is 18.0 Å². The molecule has 3 aromatic rings. The molecule has 1 amide bonds. The number of carbonyl (C=O) groups excluding carboxylic acids is 1. The average molecular weight is 463 g/mol. The molecule has 0 radical (unpaired) electrons. The molecule has 4 heterocycles. The molecule has 33 heavy (non-hydrogen) atoms. The van der Waals surface area contributed by atoms with Gasteiger partial charge in [-0.1, -0.05) is 0 Å². The van der Waals surface area contributed by atoms with E-state index in [2.05, 4.69) is 25.6 Å². The molecule has 0 saturated carbocycles. The van der Waals surface area contributed by atoms with Crippen LogP contribution < -0.4 is 20.3 Å². The Morgan fingerprint density at radius 3 is 2.94 bits per heavy atom. The van der Waals surface area contributed by atoms with E-state index in [0.717, 1.165) is 0 Å². The number of piperazine rings is 1. The summed E-state index contributed by atoms with van der Waals surface area (Å²) < 4.78 is 46.9. The van der Waals surface area contributed by atoms with Gasteiger partial charge in [0, 0.05) is 56.8 Å². The van der Waals surface area contributed by atoms with Gasteiger partial charge >= 0.3 is 0 Å². The maximum absolute atomic E-state index is 14.3. The number of nitrogens with one attached hydrogen (secondary N) is 2. The van der Waals surface area contributed by atoms with Crippen LogP contribution in [-0.2, 0) is 0 Å². The maximum atomic E-state index is 14.3. The highest BCUT2D eigenvalue weighted by molar-refractivity contribution is 6.05. The van der Waals surface area contributed by atoms with Crippen LogP contribution in [0.2, 0.25) is 0 Å². The van der Waals surface area contributed by atoms with Gasteiger partial charge in [0.15, 0.2) is 11.5 Å². The molecular weight excluding hydrogens is 439 g/mol. The zero-order valence-corrected chi connectivity index (χ0v) is 18.2. The predicted octanol–water partition coefficient (Wildman–Crippen LogP) is 2.66. The van der Waals surface area contributed by atoms with E-state index >= 15 is 0 Å². The van der Waals surface area contributed by atoms with Crippen LogP contribution in [0.25, 0.3) is 5.65 Å². The van der Waals surface area contributed by atoms with Crippen molar-refractivity contribution in [3.05, 3.63) is 41.7 Å². The number of hydrogen-bond donors (Lipinski definition) is 2. The average Bonchev–Trinajstić information content (AvgIpc) is 3.14. The van der Waals surface area contributed by atoms with E-state index in [0.29, 0.717) is 25.3 Å². The van der Waals surface area contributed by atoms with Crippen molar-refractivity contribution in [2.24, 2.45) is 0 Å². The highest BCUT2D eigenvalue weighted by Gasteiger charge is 2.26. The summed E-state index contributed by atoms with van der Waals surface area (Å²) in [5.41, 5.74) is 1.10. The molecule has 1 atom stereocenters. The van der Waals surface area contributed by atoms with Gasteiger partial charge in [-0.3, -0.25) is 4.79 Å². The number of anilines is 2. The third kappa shape index (κ3) is 5.16. The van der Waals surface area contributed by atoms with Crippen molar-refractivity contribution in [1.82, 2.24) is 24.7 Å². The number of halogens is 3. The van der Waals surface area contributed by atoms with Gasteiger partial charge in [0.25, 0.3) is 5.91 Å². The number of hydrogen-bond acceptors (Lipinski definition) is 7. The van der Waals surface area contributed by atoms with Crippen LogP contribution in [0.1, 0.15) is 29.4 Å². The Morgan fingerprint density at radius 1 is 1.36 bits per heavy atom. The Bertz CT molecular complexity index is 1150. The standard InChI is InChI=1S/C21H24F3N7O2/c1-3-33-20-15(8-26-21(29-20)30-5-4-25-13(10-30)7-17(23)24)19(32)28-14-6-16(22)18-27-12(2)9-31(18)11-14/h6,8-9,11,13,17,25H,3-5,7,10H2,1-2H3,(H,28,32). The highest BCUT2D eigenvalue weighted by atomic mass is 19.3. The quantitative estimate of drug-likeness (QED) is 0.556. The zero-order chi connectivity index (χ0) is 23.5. The molecule has 2 N–H and O–H groups in total. The summed E-state index contributed by atoms with van der Waals surface area (Å²) in [6.07, 6.45) is 1.83.